The zero-order chi connectivity index (χ0) is 23.6. The van der Waals surface area contributed by atoms with Crippen LogP contribution in [0.2, 0.25) is 0 Å². The predicted octanol–water partition coefficient (Wildman–Crippen LogP) is 4.29. The minimum absolute atomic E-state index is 0.0697. The molecule has 0 aliphatic carbocycles. The summed E-state index contributed by atoms with van der Waals surface area (Å²) in [5.74, 6) is -0.0877. The first-order chi connectivity index (χ1) is 16.0. The molecule has 6 heteroatoms. The smallest absolute Gasteiger partial charge is 0.251 e. The first kappa shape index (κ1) is 23.6. The maximum absolute atomic E-state index is 12.9. The Hall–Kier alpha value is -4.11. The molecule has 0 aliphatic heterocycles. The number of para-hydroxylation sites is 1. The van der Waals surface area contributed by atoms with Crippen LogP contribution in [-0.2, 0) is 4.79 Å². The van der Waals surface area contributed by atoms with Crippen molar-refractivity contribution in [3.05, 3.63) is 90.0 Å². The first-order valence-corrected chi connectivity index (χ1v) is 10.8. The van der Waals surface area contributed by atoms with Crippen molar-refractivity contribution < 1.29 is 14.3 Å². The summed E-state index contributed by atoms with van der Waals surface area (Å²) in [6, 6.07) is 25.8. The molecule has 2 atom stereocenters. The van der Waals surface area contributed by atoms with Crippen LogP contribution < -0.4 is 15.4 Å². The summed E-state index contributed by atoms with van der Waals surface area (Å²) < 4.78 is 5.44. The molecule has 0 saturated carbocycles. The van der Waals surface area contributed by atoms with E-state index >= 15 is 0 Å². The fourth-order valence-corrected chi connectivity index (χ4v) is 3.72. The molecule has 0 aliphatic rings. The maximum Gasteiger partial charge on any atom is 0.251 e. The van der Waals surface area contributed by atoms with Crippen molar-refractivity contribution in [2.45, 2.75) is 25.3 Å². The number of carbonyl (C=O) groups excluding carboxylic acids is 2. The molecule has 3 rings (SSSR count). The molecule has 3 aromatic carbocycles. The van der Waals surface area contributed by atoms with E-state index in [1.165, 1.54) is 0 Å². The summed E-state index contributed by atoms with van der Waals surface area (Å²) in [5, 5.41) is 14.2. The number of amides is 2. The molecule has 0 radical (unpaired) electrons. The largest absolute Gasteiger partial charge is 0.496 e. The minimum Gasteiger partial charge on any atom is -0.496 e. The first-order valence-electron chi connectivity index (χ1n) is 10.8. The quantitative estimate of drug-likeness (QED) is 0.485. The van der Waals surface area contributed by atoms with Gasteiger partial charge in [0.25, 0.3) is 5.91 Å². The van der Waals surface area contributed by atoms with Crippen molar-refractivity contribution in [3.63, 3.8) is 0 Å². The lowest BCUT2D eigenvalue weighted by Crippen LogP contribution is -2.47. The van der Waals surface area contributed by atoms with E-state index in [1.54, 1.807) is 19.2 Å². The van der Waals surface area contributed by atoms with E-state index < -0.39 is 11.9 Å². The number of hydrogen-bond donors (Lipinski definition) is 2. The van der Waals surface area contributed by atoms with Gasteiger partial charge < -0.3 is 15.4 Å². The number of methoxy groups -OCH3 is 1. The van der Waals surface area contributed by atoms with E-state index in [-0.39, 0.29) is 18.4 Å². The van der Waals surface area contributed by atoms with Gasteiger partial charge in [-0.05, 0) is 47.2 Å². The third-order valence-electron chi connectivity index (χ3n) is 5.48. The van der Waals surface area contributed by atoms with Crippen LogP contribution in [-0.4, -0.2) is 31.5 Å². The van der Waals surface area contributed by atoms with Gasteiger partial charge in [0.2, 0.25) is 5.91 Å². The van der Waals surface area contributed by atoms with Gasteiger partial charge in [-0.3, -0.25) is 9.59 Å². The Kier molecular flexibility index (Phi) is 8.20. The predicted molar refractivity (Wildman–Crippen MR) is 128 cm³/mol. The normalized spacial score (nSPS) is 12.2. The number of rotatable bonds is 9. The SMILES string of the molecule is COc1ccccc1[C@@H](C)C[C@H](NC(=O)c1ccc(-c2ccccc2)cc1)C(=O)NCC#N. The highest BCUT2D eigenvalue weighted by Gasteiger charge is 2.25. The van der Waals surface area contributed by atoms with E-state index in [9.17, 15) is 9.59 Å². The van der Waals surface area contributed by atoms with Crippen molar-refractivity contribution >= 4 is 11.8 Å². The van der Waals surface area contributed by atoms with E-state index in [4.69, 9.17) is 10.00 Å². The van der Waals surface area contributed by atoms with Crippen molar-refractivity contribution in [1.29, 1.82) is 5.26 Å². The molecular formula is C27H27N3O3. The van der Waals surface area contributed by atoms with Gasteiger partial charge in [-0.1, -0.05) is 67.6 Å². The van der Waals surface area contributed by atoms with E-state index in [1.807, 2.05) is 79.7 Å². The van der Waals surface area contributed by atoms with Crippen LogP contribution in [0.4, 0.5) is 0 Å². The van der Waals surface area contributed by atoms with Crippen molar-refractivity contribution in [3.8, 4) is 22.9 Å². The highest BCUT2D eigenvalue weighted by atomic mass is 16.5. The van der Waals surface area contributed by atoms with E-state index in [0.29, 0.717) is 12.0 Å². The number of nitriles is 1. The molecule has 168 valence electrons. The summed E-state index contributed by atoms with van der Waals surface area (Å²) in [5.41, 5.74) is 3.46. The molecule has 3 aromatic rings. The monoisotopic (exact) mass is 441 g/mol. The van der Waals surface area contributed by atoms with Gasteiger partial charge in [0.15, 0.2) is 0 Å². The standard InChI is InChI=1S/C27H27N3O3/c1-19(23-10-6-7-11-25(23)33-2)18-24(27(32)29-17-16-28)30-26(31)22-14-12-21(13-15-22)20-8-4-3-5-9-20/h3-15,19,24H,17-18H2,1-2H3,(H,29,32)(H,30,31)/t19-,24-/m0/s1. The molecule has 2 N–H and O–H groups in total. The van der Waals surface area contributed by atoms with Gasteiger partial charge in [0.05, 0.1) is 13.2 Å². The highest BCUT2D eigenvalue weighted by molar-refractivity contribution is 5.98. The van der Waals surface area contributed by atoms with E-state index in [2.05, 4.69) is 10.6 Å². The Balaban J connectivity index is 1.76. The number of benzene rings is 3. The second-order valence-corrected chi connectivity index (χ2v) is 7.72. The molecule has 6 nitrogen and oxygen atoms in total. The molecule has 0 bridgehead atoms. The summed E-state index contributed by atoms with van der Waals surface area (Å²) in [6.45, 7) is 1.85. The van der Waals surface area contributed by atoms with E-state index in [0.717, 1.165) is 22.4 Å². The topological polar surface area (TPSA) is 91.2 Å². The molecule has 0 fully saturated rings. The summed E-state index contributed by atoms with van der Waals surface area (Å²) in [4.78, 5) is 25.7. The van der Waals surface area contributed by atoms with Gasteiger partial charge >= 0.3 is 0 Å². The minimum atomic E-state index is -0.806. The molecule has 0 heterocycles. The molecule has 0 aromatic heterocycles. The van der Waals surface area contributed by atoms with Crippen LogP contribution in [0.1, 0.15) is 35.2 Å². The highest BCUT2D eigenvalue weighted by Crippen LogP contribution is 2.29. The Labute approximate surface area is 194 Å². The van der Waals surface area contributed by atoms with Crippen molar-refractivity contribution in [2.24, 2.45) is 0 Å². The number of hydrogen-bond acceptors (Lipinski definition) is 4. The number of carbonyl (C=O) groups is 2. The molecule has 0 unspecified atom stereocenters. The molecule has 33 heavy (non-hydrogen) atoms. The van der Waals surface area contributed by atoms with Crippen molar-refractivity contribution in [1.82, 2.24) is 10.6 Å². The lowest BCUT2D eigenvalue weighted by atomic mass is 9.92. The Morgan fingerprint density at radius 3 is 2.24 bits per heavy atom. The Bertz CT molecular complexity index is 1120. The lowest BCUT2D eigenvalue weighted by Gasteiger charge is -2.23. The molecule has 2 amide bonds. The number of ether oxygens (including phenoxy) is 1. The average Bonchev–Trinajstić information content (AvgIpc) is 2.87. The second-order valence-electron chi connectivity index (χ2n) is 7.72. The maximum atomic E-state index is 12.9. The van der Waals surface area contributed by atoms with Crippen molar-refractivity contribution in [2.75, 3.05) is 13.7 Å². The van der Waals surface area contributed by atoms with Gasteiger partial charge in [-0.25, -0.2) is 0 Å². The zero-order valence-electron chi connectivity index (χ0n) is 18.7. The Morgan fingerprint density at radius 1 is 0.939 bits per heavy atom. The fourth-order valence-electron chi connectivity index (χ4n) is 3.72. The number of nitrogens with zero attached hydrogens (tertiary/aromatic N) is 1. The van der Waals surface area contributed by atoms with Crippen LogP contribution in [0.15, 0.2) is 78.9 Å². The van der Waals surface area contributed by atoms with Gasteiger partial charge in [-0.15, -0.1) is 0 Å². The molecule has 0 saturated heterocycles. The summed E-state index contributed by atoms with van der Waals surface area (Å²) >= 11 is 0. The second kappa shape index (κ2) is 11.5. The molecular weight excluding hydrogens is 414 g/mol. The van der Waals surface area contributed by atoms with Crippen LogP contribution >= 0.6 is 0 Å². The van der Waals surface area contributed by atoms with Gasteiger partial charge in [-0.2, -0.15) is 5.26 Å². The summed E-state index contributed by atoms with van der Waals surface area (Å²) in [7, 11) is 1.60. The van der Waals surface area contributed by atoms with Crippen LogP contribution in [0, 0.1) is 11.3 Å². The third-order valence-corrected chi connectivity index (χ3v) is 5.48. The fraction of sp³-hybridized carbons (Fsp3) is 0.222. The van der Waals surface area contributed by atoms with Gasteiger partial charge in [0, 0.05) is 5.56 Å². The van der Waals surface area contributed by atoms with Crippen LogP contribution in [0.3, 0.4) is 0 Å². The van der Waals surface area contributed by atoms with Gasteiger partial charge in [0.1, 0.15) is 18.3 Å². The molecule has 0 spiro atoms. The third kappa shape index (κ3) is 6.20. The summed E-state index contributed by atoms with van der Waals surface area (Å²) in [6.07, 6.45) is 0.353. The average molecular weight is 442 g/mol. The lowest BCUT2D eigenvalue weighted by molar-refractivity contribution is -0.123. The van der Waals surface area contributed by atoms with Crippen LogP contribution in [0.5, 0.6) is 5.75 Å². The zero-order valence-corrected chi connectivity index (χ0v) is 18.7. The van der Waals surface area contributed by atoms with Crippen LogP contribution in [0.25, 0.3) is 11.1 Å². The Morgan fingerprint density at radius 2 is 1.58 bits per heavy atom. The number of nitrogens with one attached hydrogen (secondary N) is 2.